The fourth-order valence-corrected chi connectivity index (χ4v) is 2.34. The van der Waals surface area contributed by atoms with Gasteiger partial charge in [0.1, 0.15) is 5.56 Å². The zero-order chi connectivity index (χ0) is 17.1. The van der Waals surface area contributed by atoms with E-state index in [2.05, 4.69) is 9.97 Å². The number of benzene rings is 1. The molecular formula is C16H18N2O5. The van der Waals surface area contributed by atoms with Crippen molar-refractivity contribution in [3.63, 3.8) is 0 Å². The summed E-state index contributed by atoms with van der Waals surface area (Å²) >= 11 is 0. The van der Waals surface area contributed by atoms with Crippen LogP contribution in [-0.2, 0) is 0 Å². The molecule has 1 N–H and O–H groups in total. The average Bonchev–Trinajstić information content (AvgIpc) is 2.54. The van der Waals surface area contributed by atoms with Crippen molar-refractivity contribution in [1.29, 1.82) is 0 Å². The SMILES string of the molecule is COc1c(C(=O)O)cc(-c2nc(C)cnc2C)c(OC)c1OC. The normalized spacial score (nSPS) is 10.3. The molecule has 23 heavy (non-hydrogen) atoms. The molecule has 0 saturated heterocycles. The van der Waals surface area contributed by atoms with E-state index in [4.69, 9.17) is 14.2 Å². The van der Waals surface area contributed by atoms with Crippen molar-refractivity contribution in [3.05, 3.63) is 29.2 Å². The number of aromatic carboxylic acids is 1. The molecule has 7 nitrogen and oxygen atoms in total. The number of ether oxygens (including phenoxy) is 3. The van der Waals surface area contributed by atoms with Gasteiger partial charge >= 0.3 is 5.97 Å². The molecule has 1 aromatic carbocycles. The van der Waals surface area contributed by atoms with Crippen LogP contribution in [0.4, 0.5) is 0 Å². The van der Waals surface area contributed by atoms with Gasteiger partial charge < -0.3 is 19.3 Å². The van der Waals surface area contributed by atoms with E-state index in [0.717, 1.165) is 0 Å². The lowest BCUT2D eigenvalue weighted by atomic mass is 10.0. The summed E-state index contributed by atoms with van der Waals surface area (Å²) in [6.45, 7) is 3.60. The van der Waals surface area contributed by atoms with Crippen LogP contribution in [-0.4, -0.2) is 42.4 Å². The molecule has 0 spiro atoms. The van der Waals surface area contributed by atoms with Crippen LogP contribution in [0.3, 0.4) is 0 Å². The van der Waals surface area contributed by atoms with Crippen molar-refractivity contribution in [1.82, 2.24) is 9.97 Å². The Balaban J connectivity index is 2.89. The van der Waals surface area contributed by atoms with Gasteiger partial charge in [-0.15, -0.1) is 0 Å². The van der Waals surface area contributed by atoms with Crippen LogP contribution in [0.15, 0.2) is 12.3 Å². The zero-order valence-corrected chi connectivity index (χ0v) is 13.6. The molecule has 0 saturated carbocycles. The van der Waals surface area contributed by atoms with Crippen LogP contribution >= 0.6 is 0 Å². The molecule has 7 heteroatoms. The number of aromatic nitrogens is 2. The van der Waals surface area contributed by atoms with Gasteiger partial charge in [-0.3, -0.25) is 4.98 Å². The quantitative estimate of drug-likeness (QED) is 0.905. The third-order valence-corrected chi connectivity index (χ3v) is 3.36. The van der Waals surface area contributed by atoms with Gasteiger partial charge in [-0.25, -0.2) is 9.78 Å². The Kier molecular flexibility index (Phi) is 4.68. The molecular weight excluding hydrogens is 300 g/mol. The van der Waals surface area contributed by atoms with Crippen LogP contribution in [0.2, 0.25) is 0 Å². The molecule has 0 aliphatic rings. The van der Waals surface area contributed by atoms with Gasteiger partial charge in [0, 0.05) is 11.8 Å². The Labute approximate surface area is 133 Å². The Bertz CT molecular complexity index is 759. The van der Waals surface area contributed by atoms with Crippen LogP contribution in [0, 0.1) is 13.8 Å². The van der Waals surface area contributed by atoms with E-state index in [9.17, 15) is 9.90 Å². The smallest absolute Gasteiger partial charge is 0.339 e. The second-order valence-corrected chi connectivity index (χ2v) is 4.82. The van der Waals surface area contributed by atoms with Crippen molar-refractivity contribution in [2.45, 2.75) is 13.8 Å². The number of methoxy groups -OCH3 is 3. The predicted molar refractivity (Wildman–Crippen MR) is 83.6 cm³/mol. The fraction of sp³-hybridized carbons (Fsp3) is 0.312. The predicted octanol–water partition coefficient (Wildman–Crippen LogP) is 2.48. The maximum atomic E-state index is 11.6. The Morgan fingerprint density at radius 1 is 1.04 bits per heavy atom. The van der Waals surface area contributed by atoms with Crippen molar-refractivity contribution < 1.29 is 24.1 Å². The lowest BCUT2D eigenvalue weighted by Gasteiger charge is -2.18. The number of rotatable bonds is 5. The summed E-state index contributed by atoms with van der Waals surface area (Å²) in [6.07, 6.45) is 1.64. The average molecular weight is 318 g/mol. The van der Waals surface area contributed by atoms with Crippen molar-refractivity contribution in [2.24, 2.45) is 0 Å². The van der Waals surface area contributed by atoms with E-state index in [1.54, 1.807) is 20.0 Å². The Morgan fingerprint density at radius 2 is 1.65 bits per heavy atom. The summed E-state index contributed by atoms with van der Waals surface area (Å²) in [4.78, 5) is 20.3. The molecule has 0 unspecified atom stereocenters. The maximum Gasteiger partial charge on any atom is 0.339 e. The number of hydrogen-bond acceptors (Lipinski definition) is 6. The van der Waals surface area contributed by atoms with E-state index < -0.39 is 5.97 Å². The largest absolute Gasteiger partial charge is 0.492 e. The molecule has 1 heterocycles. The first-order chi connectivity index (χ1) is 10.9. The minimum atomic E-state index is -1.14. The number of carboxylic acid groups (broad SMARTS) is 1. The second kappa shape index (κ2) is 6.51. The van der Waals surface area contributed by atoms with Gasteiger partial charge in [0.05, 0.1) is 38.4 Å². The van der Waals surface area contributed by atoms with E-state index >= 15 is 0 Å². The number of hydrogen-bond donors (Lipinski definition) is 1. The van der Waals surface area contributed by atoms with Gasteiger partial charge in [0.25, 0.3) is 0 Å². The summed E-state index contributed by atoms with van der Waals surface area (Å²) in [6, 6.07) is 1.46. The minimum Gasteiger partial charge on any atom is -0.492 e. The minimum absolute atomic E-state index is 0.0390. The topological polar surface area (TPSA) is 90.8 Å². The number of carboxylic acids is 1. The molecule has 0 aliphatic carbocycles. The zero-order valence-electron chi connectivity index (χ0n) is 13.6. The molecule has 0 bridgehead atoms. The highest BCUT2D eigenvalue weighted by Gasteiger charge is 2.26. The van der Waals surface area contributed by atoms with Crippen LogP contribution < -0.4 is 14.2 Å². The van der Waals surface area contributed by atoms with Crippen LogP contribution in [0.25, 0.3) is 11.3 Å². The molecule has 1 aromatic heterocycles. The fourth-order valence-electron chi connectivity index (χ4n) is 2.34. The first kappa shape index (κ1) is 16.5. The van der Waals surface area contributed by atoms with E-state index in [1.807, 2.05) is 0 Å². The molecule has 2 aromatic rings. The van der Waals surface area contributed by atoms with Crippen molar-refractivity contribution in [2.75, 3.05) is 21.3 Å². The maximum absolute atomic E-state index is 11.6. The van der Waals surface area contributed by atoms with Crippen LogP contribution in [0.1, 0.15) is 21.7 Å². The monoisotopic (exact) mass is 318 g/mol. The molecule has 0 aliphatic heterocycles. The van der Waals surface area contributed by atoms with E-state index in [-0.39, 0.29) is 17.1 Å². The second-order valence-electron chi connectivity index (χ2n) is 4.82. The van der Waals surface area contributed by atoms with Crippen molar-refractivity contribution in [3.8, 4) is 28.5 Å². The van der Waals surface area contributed by atoms with E-state index in [1.165, 1.54) is 27.4 Å². The number of aryl methyl sites for hydroxylation is 2. The Hall–Kier alpha value is -2.83. The summed E-state index contributed by atoms with van der Waals surface area (Å²) in [5.41, 5.74) is 2.33. The molecule has 0 amide bonds. The first-order valence-corrected chi connectivity index (χ1v) is 6.81. The third-order valence-electron chi connectivity index (χ3n) is 3.36. The van der Waals surface area contributed by atoms with Gasteiger partial charge in [0.15, 0.2) is 11.5 Å². The summed E-state index contributed by atoms with van der Waals surface area (Å²) < 4.78 is 15.9. The van der Waals surface area contributed by atoms with Gasteiger partial charge in [-0.1, -0.05) is 0 Å². The van der Waals surface area contributed by atoms with Gasteiger partial charge in [-0.05, 0) is 19.9 Å². The van der Waals surface area contributed by atoms with Gasteiger partial charge in [-0.2, -0.15) is 0 Å². The summed E-state index contributed by atoms with van der Waals surface area (Å²) in [7, 11) is 4.27. The standard InChI is InChI=1S/C16H18N2O5/c1-8-7-17-9(2)12(18-8)10-6-11(16(19)20)14(22-4)15(23-5)13(10)21-3/h6-7H,1-5H3,(H,19,20). The van der Waals surface area contributed by atoms with E-state index in [0.29, 0.717) is 28.4 Å². The molecule has 0 fully saturated rings. The lowest BCUT2D eigenvalue weighted by Crippen LogP contribution is -2.06. The summed E-state index contributed by atoms with van der Waals surface area (Å²) in [5, 5.41) is 9.46. The highest BCUT2D eigenvalue weighted by atomic mass is 16.5. The summed E-state index contributed by atoms with van der Waals surface area (Å²) in [5.74, 6) is -0.494. The highest BCUT2D eigenvalue weighted by molar-refractivity contribution is 5.96. The lowest BCUT2D eigenvalue weighted by molar-refractivity contribution is 0.0692. The first-order valence-electron chi connectivity index (χ1n) is 6.81. The number of carbonyl (C=O) groups is 1. The third kappa shape index (κ3) is 2.90. The highest BCUT2D eigenvalue weighted by Crippen LogP contribution is 2.46. The molecule has 122 valence electrons. The van der Waals surface area contributed by atoms with Crippen molar-refractivity contribution >= 4 is 5.97 Å². The molecule has 0 atom stereocenters. The molecule has 2 rings (SSSR count). The van der Waals surface area contributed by atoms with Crippen LogP contribution in [0.5, 0.6) is 17.2 Å². The van der Waals surface area contributed by atoms with Gasteiger partial charge in [0.2, 0.25) is 5.75 Å². The molecule has 0 radical (unpaired) electrons. The number of nitrogens with zero attached hydrogens (tertiary/aromatic N) is 2. The Morgan fingerprint density at radius 3 is 2.17 bits per heavy atom.